The molecular weight excluding hydrogens is 264 g/mol. The minimum Gasteiger partial charge on any atom is -0.370 e. The first-order valence-corrected chi connectivity index (χ1v) is 7.63. The van der Waals surface area contributed by atoms with E-state index < -0.39 is 10.0 Å². The lowest BCUT2D eigenvalue weighted by Gasteiger charge is -2.19. The van der Waals surface area contributed by atoms with Crippen molar-refractivity contribution in [2.24, 2.45) is 0 Å². The van der Waals surface area contributed by atoms with Gasteiger partial charge in [-0.25, -0.2) is 13.4 Å². The maximum absolute atomic E-state index is 12.4. The third kappa shape index (κ3) is 4.45. The lowest BCUT2D eigenvalue weighted by molar-refractivity contribution is 0.358. The molecule has 0 radical (unpaired) electrons. The van der Waals surface area contributed by atoms with Gasteiger partial charge in [-0.2, -0.15) is 4.31 Å². The number of sulfonamides is 1. The Hall–Kier alpha value is -1.18. The highest BCUT2D eigenvalue weighted by atomic mass is 32.2. The first-order valence-electron chi connectivity index (χ1n) is 6.19. The quantitative estimate of drug-likeness (QED) is 0.799. The van der Waals surface area contributed by atoms with Crippen LogP contribution in [0.3, 0.4) is 0 Å². The average Bonchev–Trinajstić information content (AvgIpc) is 2.36. The molecule has 1 N–H and O–H groups in total. The van der Waals surface area contributed by atoms with Crippen LogP contribution in [0.5, 0.6) is 0 Å². The molecule has 0 bridgehead atoms. The molecule has 1 aromatic heterocycles. The molecule has 7 heteroatoms. The molecule has 0 aromatic carbocycles. The van der Waals surface area contributed by atoms with Crippen molar-refractivity contribution in [3.63, 3.8) is 0 Å². The Morgan fingerprint density at radius 1 is 1.26 bits per heavy atom. The topological polar surface area (TPSA) is 65.5 Å². The first kappa shape index (κ1) is 15.9. The lowest BCUT2D eigenvalue weighted by atomic mass is 10.4. The van der Waals surface area contributed by atoms with Gasteiger partial charge in [0.25, 0.3) is 0 Å². The summed E-state index contributed by atoms with van der Waals surface area (Å²) in [5.41, 5.74) is 0. The lowest BCUT2D eigenvalue weighted by Crippen LogP contribution is -2.33. The van der Waals surface area contributed by atoms with Crippen LogP contribution in [0.15, 0.2) is 23.2 Å². The third-order valence-corrected chi connectivity index (χ3v) is 4.51. The highest BCUT2D eigenvalue weighted by Crippen LogP contribution is 2.16. The molecule has 0 unspecified atom stereocenters. The summed E-state index contributed by atoms with van der Waals surface area (Å²) in [5.74, 6) is 0.574. The molecule has 19 heavy (non-hydrogen) atoms. The molecular formula is C12H22N4O2S. The number of hydrogen-bond acceptors (Lipinski definition) is 5. The standard InChI is InChI=1S/C12H22N4O2S/c1-5-13-12-10-11(6-7-14-12)19(17,18)16(4)9-8-15(2)3/h6-7,10H,5,8-9H2,1-4H3,(H,13,14). The number of pyridine rings is 1. The van der Waals surface area contributed by atoms with Crippen LogP contribution in [0.25, 0.3) is 0 Å². The predicted molar refractivity (Wildman–Crippen MR) is 76.8 cm³/mol. The van der Waals surface area contributed by atoms with Crippen molar-refractivity contribution in [2.75, 3.05) is 46.1 Å². The van der Waals surface area contributed by atoms with Gasteiger partial charge in [0.15, 0.2) is 0 Å². The first-order chi connectivity index (χ1) is 8.87. The summed E-state index contributed by atoms with van der Waals surface area (Å²) in [6, 6.07) is 3.08. The van der Waals surface area contributed by atoms with Crippen LogP contribution in [0.1, 0.15) is 6.92 Å². The summed E-state index contributed by atoms with van der Waals surface area (Å²) in [7, 11) is 1.97. The Morgan fingerprint density at radius 2 is 1.95 bits per heavy atom. The van der Waals surface area contributed by atoms with E-state index in [-0.39, 0.29) is 4.90 Å². The predicted octanol–water partition coefficient (Wildman–Crippen LogP) is 0.695. The fraction of sp³-hybridized carbons (Fsp3) is 0.583. The Bertz CT molecular complexity index is 502. The van der Waals surface area contributed by atoms with E-state index in [1.807, 2.05) is 25.9 Å². The molecule has 6 nitrogen and oxygen atoms in total. The van der Waals surface area contributed by atoms with Crippen molar-refractivity contribution >= 4 is 15.8 Å². The second-order valence-corrected chi connectivity index (χ2v) is 6.58. The SMILES string of the molecule is CCNc1cc(S(=O)(=O)N(C)CCN(C)C)ccn1. The van der Waals surface area contributed by atoms with Gasteiger partial charge in [-0.3, -0.25) is 0 Å². The molecule has 1 aromatic rings. The molecule has 0 aliphatic carbocycles. The Balaban J connectivity index is 2.89. The molecule has 0 saturated carbocycles. The molecule has 1 heterocycles. The number of nitrogens with one attached hydrogen (secondary N) is 1. The molecule has 0 spiro atoms. The zero-order chi connectivity index (χ0) is 14.5. The Labute approximate surface area is 115 Å². The van der Waals surface area contributed by atoms with E-state index in [1.165, 1.54) is 16.6 Å². The number of aromatic nitrogens is 1. The van der Waals surface area contributed by atoms with Crippen LogP contribution in [0.4, 0.5) is 5.82 Å². The van der Waals surface area contributed by atoms with Crippen LogP contribution < -0.4 is 5.32 Å². The number of rotatable bonds is 7. The van der Waals surface area contributed by atoms with Crippen LogP contribution in [0, 0.1) is 0 Å². The zero-order valence-corrected chi connectivity index (χ0v) is 12.7. The summed E-state index contributed by atoms with van der Waals surface area (Å²) in [6.07, 6.45) is 1.50. The molecule has 0 atom stereocenters. The smallest absolute Gasteiger partial charge is 0.243 e. The zero-order valence-electron chi connectivity index (χ0n) is 11.9. The number of hydrogen-bond donors (Lipinski definition) is 1. The minimum atomic E-state index is -3.45. The summed E-state index contributed by atoms with van der Waals surface area (Å²) in [4.78, 5) is 6.28. The van der Waals surface area contributed by atoms with Crippen molar-refractivity contribution in [2.45, 2.75) is 11.8 Å². The maximum atomic E-state index is 12.4. The second kappa shape index (κ2) is 6.83. The molecule has 108 valence electrons. The average molecular weight is 286 g/mol. The summed E-state index contributed by atoms with van der Waals surface area (Å²) in [6.45, 7) is 3.77. The monoisotopic (exact) mass is 286 g/mol. The normalized spacial score (nSPS) is 12.1. The van der Waals surface area contributed by atoms with E-state index in [0.29, 0.717) is 25.5 Å². The van der Waals surface area contributed by atoms with E-state index in [9.17, 15) is 8.42 Å². The second-order valence-electron chi connectivity index (χ2n) is 4.54. The molecule has 0 amide bonds. The largest absolute Gasteiger partial charge is 0.370 e. The molecule has 0 saturated heterocycles. The molecule has 0 aliphatic heterocycles. The van der Waals surface area contributed by atoms with Crippen molar-refractivity contribution in [1.82, 2.24) is 14.2 Å². The van der Waals surface area contributed by atoms with E-state index >= 15 is 0 Å². The van der Waals surface area contributed by atoms with Gasteiger partial charge in [0.2, 0.25) is 10.0 Å². The van der Waals surface area contributed by atoms with Crippen molar-refractivity contribution in [3.8, 4) is 0 Å². The fourth-order valence-electron chi connectivity index (χ4n) is 1.49. The Kier molecular flexibility index (Phi) is 5.71. The summed E-state index contributed by atoms with van der Waals surface area (Å²) >= 11 is 0. The van der Waals surface area contributed by atoms with Crippen molar-refractivity contribution in [1.29, 1.82) is 0 Å². The van der Waals surface area contributed by atoms with Crippen LogP contribution in [-0.2, 0) is 10.0 Å². The highest BCUT2D eigenvalue weighted by Gasteiger charge is 2.21. The van der Waals surface area contributed by atoms with Crippen LogP contribution in [0.2, 0.25) is 0 Å². The minimum absolute atomic E-state index is 0.264. The number of anilines is 1. The van der Waals surface area contributed by atoms with E-state index in [1.54, 1.807) is 13.1 Å². The van der Waals surface area contributed by atoms with E-state index in [4.69, 9.17) is 0 Å². The van der Waals surface area contributed by atoms with Crippen molar-refractivity contribution < 1.29 is 8.42 Å². The van der Waals surface area contributed by atoms with E-state index in [0.717, 1.165) is 0 Å². The summed E-state index contributed by atoms with van der Waals surface area (Å²) < 4.78 is 26.1. The van der Waals surface area contributed by atoms with Gasteiger partial charge in [-0.1, -0.05) is 0 Å². The van der Waals surface area contributed by atoms with Gasteiger partial charge in [-0.05, 0) is 27.1 Å². The molecule has 0 fully saturated rings. The summed E-state index contributed by atoms with van der Waals surface area (Å²) in [5, 5.41) is 3.01. The van der Waals surface area contributed by atoms with Gasteiger partial charge < -0.3 is 10.2 Å². The van der Waals surface area contributed by atoms with Gasteiger partial charge >= 0.3 is 0 Å². The van der Waals surface area contributed by atoms with Crippen LogP contribution >= 0.6 is 0 Å². The van der Waals surface area contributed by atoms with Gasteiger partial charge in [0, 0.05) is 38.9 Å². The van der Waals surface area contributed by atoms with Gasteiger partial charge in [-0.15, -0.1) is 0 Å². The van der Waals surface area contributed by atoms with Crippen molar-refractivity contribution in [3.05, 3.63) is 18.3 Å². The third-order valence-electron chi connectivity index (χ3n) is 2.66. The number of likely N-dealkylation sites (N-methyl/N-ethyl adjacent to an activating group) is 2. The van der Waals surface area contributed by atoms with Gasteiger partial charge in [0.05, 0.1) is 4.90 Å². The van der Waals surface area contributed by atoms with E-state index in [2.05, 4.69) is 10.3 Å². The highest BCUT2D eigenvalue weighted by molar-refractivity contribution is 7.89. The molecule has 1 rings (SSSR count). The number of nitrogens with zero attached hydrogens (tertiary/aromatic N) is 3. The fourth-order valence-corrected chi connectivity index (χ4v) is 2.67. The van der Waals surface area contributed by atoms with Gasteiger partial charge in [0.1, 0.15) is 5.82 Å². The molecule has 0 aliphatic rings. The van der Waals surface area contributed by atoms with Crippen LogP contribution in [-0.4, -0.2) is 63.4 Å². The Morgan fingerprint density at radius 3 is 2.53 bits per heavy atom. The maximum Gasteiger partial charge on any atom is 0.243 e.